The third-order valence-electron chi connectivity index (χ3n) is 3.02. The number of nitrogens with zero attached hydrogens (tertiary/aromatic N) is 4. The van der Waals surface area contributed by atoms with Gasteiger partial charge in [0.25, 0.3) is 5.91 Å². The summed E-state index contributed by atoms with van der Waals surface area (Å²) >= 11 is 11.9. The monoisotopic (exact) mass is 363 g/mol. The average molecular weight is 364 g/mol. The molecule has 0 fully saturated rings. The number of benzene rings is 2. The standard InChI is InChI=1S/C15H11Cl2N5O2/c16-10-1-4-12(5-2-10)24-8-15(23)19-14-7-11(3-6-13(14)17)22-9-18-20-21-22/h1-7,9H,8H2,(H,19,23). The Labute approximate surface area is 147 Å². The van der Waals surface area contributed by atoms with Crippen LogP contribution in [0.25, 0.3) is 5.69 Å². The predicted octanol–water partition coefficient (Wildman–Crippen LogP) is 2.99. The van der Waals surface area contributed by atoms with Crippen LogP contribution in [-0.4, -0.2) is 32.7 Å². The number of carbonyl (C=O) groups excluding carboxylic acids is 1. The first kappa shape index (κ1) is 16.2. The summed E-state index contributed by atoms with van der Waals surface area (Å²) < 4.78 is 6.84. The molecule has 0 aliphatic rings. The number of ether oxygens (including phenoxy) is 1. The Hall–Kier alpha value is -2.64. The number of carbonyl (C=O) groups is 1. The molecular weight excluding hydrogens is 353 g/mol. The second-order valence-electron chi connectivity index (χ2n) is 4.71. The SMILES string of the molecule is O=C(COc1ccc(Cl)cc1)Nc1cc(-n2cnnn2)ccc1Cl. The summed E-state index contributed by atoms with van der Waals surface area (Å²) in [5.41, 5.74) is 1.10. The van der Waals surface area contributed by atoms with Crippen LogP contribution in [0, 0.1) is 0 Å². The highest BCUT2D eigenvalue weighted by Gasteiger charge is 2.09. The Morgan fingerprint density at radius 2 is 1.96 bits per heavy atom. The van der Waals surface area contributed by atoms with Crippen molar-refractivity contribution in [1.29, 1.82) is 0 Å². The summed E-state index contributed by atoms with van der Waals surface area (Å²) in [5.74, 6) is 0.198. The smallest absolute Gasteiger partial charge is 0.262 e. The molecule has 0 saturated carbocycles. The lowest BCUT2D eigenvalue weighted by Gasteiger charge is -2.10. The van der Waals surface area contributed by atoms with E-state index >= 15 is 0 Å². The minimum absolute atomic E-state index is 0.160. The summed E-state index contributed by atoms with van der Waals surface area (Å²) in [6.07, 6.45) is 1.44. The molecule has 0 aliphatic carbocycles. The van der Waals surface area contributed by atoms with E-state index in [1.54, 1.807) is 42.5 Å². The van der Waals surface area contributed by atoms with Gasteiger partial charge in [0.1, 0.15) is 12.1 Å². The van der Waals surface area contributed by atoms with Crippen molar-refractivity contribution in [2.45, 2.75) is 0 Å². The van der Waals surface area contributed by atoms with Gasteiger partial charge in [-0.25, -0.2) is 4.68 Å². The summed E-state index contributed by atoms with van der Waals surface area (Å²) in [4.78, 5) is 12.0. The van der Waals surface area contributed by atoms with Gasteiger partial charge < -0.3 is 10.1 Å². The van der Waals surface area contributed by atoms with Crippen LogP contribution in [0.2, 0.25) is 10.0 Å². The Morgan fingerprint density at radius 3 is 2.67 bits per heavy atom. The molecule has 0 saturated heterocycles. The van der Waals surface area contributed by atoms with Crippen LogP contribution < -0.4 is 10.1 Å². The molecule has 0 unspecified atom stereocenters. The number of hydrogen-bond acceptors (Lipinski definition) is 5. The quantitative estimate of drug-likeness (QED) is 0.753. The topological polar surface area (TPSA) is 81.9 Å². The maximum atomic E-state index is 12.0. The first-order valence-corrected chi connectivity index (χ1v) is 7.58. The molecule has 1 N–H and O–H groups in total. The molecule has 2 aromatic carbocycles. The highest BCUT2D eigenvalue weighted by Crippen LogP contribution is 2.24. The third kappa shape index (κ3) is 4.01. The zero-order chi connectivity index (χ0) is 16.9. The summed E-state index contributed by atoms with van der Waals surface area (Å²) in [6.45, 7) is -0.160. The fraction of sp³-hybridized carbons (Fsp3) is 0.0667. The number of halogens is 2. The maximum absolute atomic E-state index is 12.0. The first-order chi connectivity index (χ1) is 11.6. The van der Waals surface area contributed by atoms with Gasteiger partial charge in [0, 0.05) is 5.02 Å². The number of aromatic nitrogens is 4. The summed E-state index contributed by atoms with van der Waals surface area (Å²) in [5, 5.41) is 14.6. The zero-order valence-electron chi connectivity index (χ0n) is 12.2. The van der Waals surface area contributed by atoms with Gasteiger partial charge in [-0.2, -0.15) is 0 Å². The van der Waals surface area contributed by atoms with Gasteiger partial charge in [0.05, 0.1) is 16.4 Å². The maximum Gasteiger partial charge on any atom is 0.262 e. The van der Waals surface area contributed by atoms with Crippen LogP contribution in [-0.2, 0) is 4.79 Å². The predicted molar refractivity (Wildman–Crippen MR) is 89.7 cm³/mol. The van der Waals surface area contributed by atoms with Gasteiger partial charge in [0.2, 0.25) is 0 Å². The third-order valence-corrected chi connectivity index (χ3v) is 3.60. The molecule has 9 heteroatoms. The summed E-state index contributed by atoms with van der Waals surface area (Å²) in [6, 6.07) is 11.8. The van der Waals surface area contributed by atoms with Gasteiger partial charge in [0.15, 0.2) is 6.61 Å². The minimum Gasteiger partial charge on any atom is -0.484 e. The first-order valence-electron chi connectivity index (χ1n) is 6.83. The van der Waals surface area contributed by atoms with Gasteiger partial charge in [-0.3, -0.25) is 4.79 Å². The average Bonchev–Trinajstić information content (AvgIpc) is 3.11. The van der Waals surface area contributed by atoms with E-state index in [9.17, 15) is 4.79 Å². The van der Waals surface area contributed by atoms with Crippen molar-refractivity contribution in [3.05, 3.63) is 58.8 Å². The molecule has 7 nitrogen and oxygen atoms in total. The second-order valence-corrected chi connectivity index (χ2v) is 5.55. The molecular formula is C15H11Cl2N5O2. The molecule has 3 rings (SSSR count). The van der Waals surface area contributed by atoms with Crippen molar-refractivity contribution in [1.82, 2.24) is 20.2 Å². The molecule has 0 atom stereocenters. The van der Waals surface area contributed by atoms with E-state index in [0.29, 0.717) is 27.2 Å². The summed E-state index contributed by atoms with van der Waals surface area (Å²) in [7, 11) is 0. The van der Waals surface area contributed by atoms with Crippen LogP contribution >= 0.6 is 23.2 Å². The van der Waals surface area contributed by atoms with E-state index in [2.05, 4.69) is 20.8 Å². The van der Waals surface area contributed by atoms with Gasteiger partial charge in [-0.1, -0.05) is 23.2 Å². The van der Waals surface area contributed by atoms with Gasteiger partial charge in [-0.15, -0.1) is 5.10 Å². The van der Waals surface area contributed by atoms with E-state index in [1.165, 1.54) is 11.0 Å². The van der Waals surface area contributed by atoms with Crippen LogP contribution in [0.5, 0.6) is 5.75 Å². The molecule has 1 heterocycles. The normalized spacial score (nSPS) is 10.4. The van der Waals surface area contributed by atoms with Crippen molar-refractivity contribution < 1.29 is 9.53 Å². The lowest BCUT2D eigenvalue weighted by atomic mass is 10.2. The zero-order valence-corrected chi connectivity index (χ0v) is 13.7. The Balaban J connectivity index is 1.65. The van der Waals surface area contributed by atoms with E-state index in [1.807, 2.05) is 0 Å². The molecule has 3 aromatic rings. The van der Waals surface area contributed by atoms with Crippen molar-refractivity contribution in [3.63, 3.8) is 0 Å². The Bertz CT molecular complexity index is 838. The van der Waals surface area contributed by atoms with Crippen molar-refractivity contribution >= 4 is 34.8 Å². The van der Waals surface area contributed by atoms with Crippen molar-refractivity contribution in [2.75, 3.05) is 11.9 Å². The molecule has 122 valence electrons. The molecule has 0 spiro atoms. The lowest BCUT2D eigenvalue weighted by Crippen LogP contribution is -2.20. The Kier molecular flexibility index (Phi) is 4.93. The van der Waals surface area contributed by atoms with E-state index in [0.717, 1.165) is 0 Å². The van der Waals surface area contributed by atoms with E-state index in [-0.39, 0.29) is 12.5 Å². The molecule has 0 bridgehead atoms. The molecule has 1 amide bonds. The molecule has 0 radical (unpaired) electrons. The highest BCUT2D eigenvalue weighted by atomic mass is 35.5. The number of rotatable bonds is 5. The van der Waals surface area contributed by atoms with E-state index < -0.39 is 0 Å². The lowest BCUT2D eigenvalue weighted by molar-refractivity contribution is -0.118. The molecule has 1 aromatic heterocycles. The minimum atomic E-state index is -0.347. The van der Waals surface area contributed by atoms with Crippen molar-refractivity contribution in [3.8, 4) is 11.4 Å². The fourth-order valence-electron chi connectivity index (χ4n) is 1.90. The largest absolute Gasteiger partial charge is 0.484 e. The van der Waals surface area contributed by atoms with Crippen LogP contribution in [0.15, 0.2) is 48.8 Å². The van der Waals surface area contributed by atoms with Crippen LogP contribution in [0.4, 0.5) is 5.69 Å². The number of hydrogen-bond donors (Lipinski definition) is 1. The number of anilines is 1. The van der Waals surface area contributed by atoms with Gasteiger partial charge in [-0.05, 0) is 52.9 Å². The Morgan fingerprint density at radius 1 is 1.17 bits per heavy atom. The number of nitrogens with one attached hydrogen (secondary N) is 1. The van der Waals surface area contributed by atoms with Crippen molar-refractivity contribution in [2.24, 2.45) is 0 Å². The fourth-order valence-corrected chi connectivity index (χ4v) is 2.19. The number of amides is 1. The van der Waals surface area contributed by atoms with Gasteiger partial charge >= 0.3 is 0 Å². The number of tetrazole rings is 1. The molecule has 0 aliphatic heterocycles. The van der Waals surface area contributed by atoms with Crippen LogP contribution in [0.1, 0.15) is 0 Å². The van der Waals surface area contributed by atoms with E-state index in [4.69, 9.17) is 27.9 Å². The molecule has 24 heavy (non-hydrogen) atoms. The highest BCUT2D eigenvalue weighted by molar-refractivity contribution is 6.33. The van der Waals surface area contributed by atoms with Crippen LogP contribution in [0.3, 0.4) is 0 Å². The second kappa shape index (κ2) is 7.29.